The second-order valence-corrected chi connectivity index (χ2v) is 4.81. The van der Waals surface area contributed by atoms with Gasteiger partial charge in [0.15, 0.2) is 17.5 Å². The van der Waals surface area contributed by atoms with Crippen molar-refractivity contribution in [1.29, 1.82) is 0 Å². The molecule has 1 heterocycles. The van der Waals surface area contributed by atoms with Gasteiger partial charge in [0.1, 0.15) is 17.5 Å². The third-order valence-electron chi connectivity index (χ3n) is 2.97. The van der Waals surface area contributed by atoms with Crippen LogP contribution in [0.3, 0.4) is 0 Å². The minimum absolute atomic E-state index is 0.184. The van der Waals surface area contributed by atoms with E-state index in [4.69, 9.17) is 0 Å². The number of hydrogen-bond acceptors (Lipinski definition) is 4. The molecule has 0 atom stereocenters. The van der Waals surface area contributed by atoms with Crippen LogP contribution in [-0.2, 0) is 0 Å². The van der Waals surface area contributed by atoms with E-state index in [1.165, 1.54) is 0 Å². The number of halogens is 3. The van der Waals surface area contributed by atoms with Crippen molar-refractivity contribution < 1.29 is 13.2 Å². The van der Waals surface area contributed by atoms with Gasteiger partial charge in [0.2, 0.25) is 0 Å². The molecule has 0 aliphatic rings. The maximum absolute atomic E-state index is 13.7. The molecule has 0 fully saturated rings. The number of nitrogens with zero attached hydrogens (tertiary/aromatic N) is 2. The van der Waals surface area contributed by atoms with Crippen LogP contribution < -0.4 is 10.6 Å². The van der Waals surface area contributed by atoms with Gasteiger partial charge in [-0.3, -0.25) is 0 Å². The van der Waals surface area contributed by atoms with Gasteiger partial charge >= 0.3 is 0 Å². The zero-order valence-corrected chi connectivity index (χ0v) is 12.4. The molecule has 22 heavy (non-hydrogen) atoms. The Kier molecular flexibility index (Phi) is 5.19. The first-order valence-electron chi connectivity index (χ1n) is 7.01. The molecule has 2 rings (SSSR count). The minimum atomic E-state index is -1.52. The highest BCUT2D eigenvalue weighted by Crippen LogP contribution is 2.23. The van der Waals surface area contributed by atoms with Crippen LogP contribution in [0.15, 0.2) is 18.2 Å². The summed E-state index contributed by atoms with van der Waals surface area (Å²) in [6, 6.07) is 3.56. The fraction of sp³-hybridized carbons (Fsp3) is 0.333. The van der Waals surface area contributed by atoms with E-state index in [1.807, 2.05) is 0 Å². The van der Waals surface area contributed by atoms with Crippen LogP contribution in [0, 0.1) is 24.4 Å². The summed E-state index contributed by atoms with van der Waals surface area (Å²) in [4.78, 5) is 8.32. The van der Waals surface area contributed by atoms with E-state index in [0.29, 0.717) is 17.5 Å². The Labute approximate surface area is 126 Å². The molecule has 7 heteroatoms. The number of aromatic nitrogens is 2. The number of nitrogens with one attached hydrogen (secondary N) is 2. The summed E-state index contributed by atoms with van der Waals surface area (Å²) in [7, 11) is 0. The van der Waals surface area contributed by atoms with Crippen molar-refractivity contribution in [2.24, 2.45) is 0 Å². The molecule has 0 amide bonds. The molecule has 0 aliphatic heterocycles. The van der Waals surface area contributed by atoms with E-state index in [2.05, 4.69) is 27.5 Å². The molecule has 1 aromatic heterocycles. The second-order valence-electron chi connectivity index (χ2n) is 4.81. The van der Waals surface area contributed by atoms with Gasteiger partial charge in [0.25, 0.3) is 0 Å². The van der Waals surface area contributed by atoms with Gasteiger partial charge in [-0.2, -0.15) is 0 Å². The van der Waals surface area contributed by atoms with Gasteiger partial charge in [0, 0.05) is 12.6 Å². The summed E-state index contributed by atoms with van der Waals surface area (Å²) in [6.45, 7) is 4.52. The fourth-order valence-electron chi connectivity index (χ4n) is 1.88. The van der Waals surface area contributed by atoms with E-state index in [-0.39, 0.29) is 5.69 Å². The molecular formula is C15H17F3N4. The van der Waals surface area contributed by atoms with Gasteiger partial charge in [-0.05, 0) is 25.5 Å². The van der Waals surface area contributed by atoms with Crippen LogP contribution in [0.1, 0.15) is 25.6 Å². The molecule has 0 spiro atoms. The van der Waals surface area contributed by atoms with Crippen molar-refractivity contribution >= 4 is 17.3 Å². The second kappa shape index (κ2) is 7.11. The molecule has 0 saturated heterocycles. The predicted octanol–water partition coefficient (Wildman–Crippen LogP) is 4.16. The van der Waals surface area contributed by atoms with Gasteiger partial charge in [-0.15, -0.1) is 0 Å². The number of rotatable bonds is 6. The van der Waals surface area contributed by atoms with Crippen LogP contribution in [0.5, 0.6) is 0 Å². The van der Waals surface area contributed by atoms with Crippen molar-refractivity contribution in [1.82, 2.24) is 9.97 Å². The van der Waals surface area contributed by atoms with Gasteiger partial charge in [0.05, 0.1) is 5.69 Å². The monoisotopic (exact) mass is 310 g/mol. The smallest absolute Gasteiger partial charge is 0.196 e. The molecule has 2 N–H and O–H groups in total. The molecule has 0 radical (unpaired) electrons. The number of benzene rings is 1. The topological polar surface area (TPSA) is 49.8 Å². The Hall–Kier alpha value is -2.31. The van der Waals surface area contributed by atoms with E-state index < -0.39 is 17.5 Å². The Bertz CT molecular complexity index is 661. The van der Waals surface area contributed by atoms with Gasteiger partial charge < -0.3 is 10.6 Å². The average molecular weight is 310 g/mol. The third kappa shape index (κ3) is 3.87. The van der Waals surface area contributed by atoms with Crippen LogP contribution in [0.2, 0.25) is 0 Å². The van der Waals surface area contributed by atoms with E-state index in [0.717, 1.165) is 31.5 Å². The quantitative estimate of drug-likeness (QED) is 0.621. The predicted molar refractivity (Wildman–Crippen MR) is 79.8 cm³/mol. The van der Waals surface area contributed by atoms with E-state index in [1.54, 1.807) is 13.0 Å². The Balaban J connectivity index is 2.21. The van der Waals surface area contributed by atoms with Gasteiger partial charge in [-0.25, -0.2) is 23.1 Å². The van der Waals surface area contributed by atoms with Crippen molar-refractivity contribution in [3.8, 4) is 0 Å². The number of aryl methyl sites for hydroxylation is 1. The summed E-state index contributed by atoms with van der Waals surface area (Å²) < 4.78 is 39.8. The maximum atomic E-state index is 13.7. The maximum Gasteiger partial charge on any atom is 0.196 e. The number of unbranched alkanes of at least 4 members (excludes halogenated alkanes) is 1. The first kappa shape index (κ1) is 16.1. The highest BCUT2D eigenvalue weighted by Gasteiger charge is 2.14. The molecule has 0 saturated carbocycles. The lowest BCUT2D eigenvalue weighted by atomic mass is 10.2. The molecule has 2 aromatic rings. The van der Waals surface area contributed by atoms with Crippen LogP contribution in [0.4, 0.5) is 30.5 Å². The molecule has 0 unspecified atom stereocenters. The minimum Gasteiger partial charge on any atom is -0.370 e. The average Bonchev–Trinajstić information content (AvgIpc) is 2.48. The summed E-state index contributed by atoms with van der Waals surface area (Å²) in [5, 5.41) is 5.77. The first-order chi connectivity index (χ1) is 10.5. The molecule has 0 aliphatic carbocycles. The SMILES string of the molecule is CCCCNc1cc(Nc2ccc(F)c(F)c2F)nc(C)n1. The molecule has 4 nitrogen and oxygen atoms in total. The summed E-state index contributed by atoms with van der Waals surface area (Å²) in [6.07, 6.45) is 2.03. The highest BCUT2D eigenvalue weighted by atomic mass is 19.2. The van der Waals surface area contributed by atoms with Crippen LogP contribution in [0.25, 0.3) is 0 Å². The standard InChI is InChI=1S/C15H17F3N4/c1-3-4-7-19-12-8-13(21-9(2)20-12)22-11-6-5-10(16)14(17)15(11)18/h5-6,8H,3-4,7H2,1-2H3,(H2,19,20,21,22). The molecular weight excluding hydrogens is 293 g/mol. The van der Waals surface area contributed by atoms with Gasteiger partial charge in [-0.1, -0.05) is 13.3 Å². The Morgan fingerprint density at radius 1 is 1.05 bits per heavy atom. The summed E-state index contributed by atoms with van der Waals surface area (Å²) in [5.41, 5.74) is -0.184. The summed E-state index contributed by atoms with van der Waals surface area (Å²) in [5.74, 6) is -2.66. The van der Waals surface area contributed by atoms with E-state index in [9.17, 15) is 13.2 Å². The fourth-order valence-corrected chi connectivity index (χ4v) is 1.88. The van der Waals surface area contributed by atoms with Crippen molar-refractivity contribution in [3.63, 3.8) is 0 Å². The molecule has 1 aromatic carbocycles. The molecule has 118 valence electrons. The lowest BCUT2D eigenvalue weighted by molar-refractivity contribution is 0.449. The lowest BCUT2D eigenvalue weighted by Gasteiger charge is -2.11. The summed E-state index contributed by atoms with van der Waals surface area (Å²) >= 11 is 0. The number of hydrogen-bond donors (Lipinski definition) is 2. The van der Waals surface area contributed by atoms with Crippen molar-refractivity contribution in [2.75, 3.05) is 17.2 Å². The third-order valence-corrected chi connectivity index (χ3v) is 2.97. The largest absolute Gasteiger partial charge is 0.370 e. The first-order valence-corrected chi connectivity index (χ1v) is 7.01. The zero-order valence-electron chi connectivity index (χ0n) is 12.4. The van der Waals surface area contributed by atoms with E-state index >= 15 is 0 Å². The zero-order chi connectivity index (χ0) is 16.1. The van der Waals surface area contributed by atoms with Crippen LogP contribution in [-0.4, -0.2) is 16.5 Å². The normalized spacial score (nSPS) is 10.6. The highest BCUT2D eigenvalue weighted by molar-refractivity contribution is 5.60. The lowest BCUT2D eigenvalue weighted by Crippen LogP contribution is -2.07. The van der Waals surface area contributed by atoms with Crippen LogP contribution >= 0.6 is 0 Å². The van der Waals surface area contributed by atoms with Crippen molar-refractivity contribution in [2.45, 2.75) is 26.7 Å². The Morgan fingerprint density at radius 3 is 2.50 bits per heavy atom. The Morgan fingerprint density at radius 2 is 1.77 bits per heavy atom. The van der Waals surface area contributed by atoms with Crippen molar-refractivity contribution in [3.05, 3.63) is 41.5 Å². The molecule has 0 bridgehead atoms. The number of anilines is 3.